The van der Waals surface area contributed by atoms with Crippen LogP contribution < -0.4 is 20.3 Å². The van der Waals surface area contributed by atoms with Crippen molar-refractivity contribution < 1.29 is 28.3 Å². The second-order valence-corrected chi connectivity index (χ2v) is 7.79. The van der Waals surface area contributed by atoms with Crippen molar-refractivity contribution >= 4 is 52.8 Å². The first-order chi connectivity index (χ1) is 16.8. The zero-order valence-electron chi connectivity index (χ0n) is 18.0. The van der Waals surface area contributed by atoms with Crippen LogP contribution in [0.3, 0.4) is 0 Å². The molecule has 0 radical (unpaired) electrons. The lowest BCUT2D eigenvalue weighted by molar-refractivity contribution is -0.122. The number of anilines is 2. The van der Waals surface area contributed by atoms with Gasteiger partial charge < -0.3 is 10.1 Å². The van der Waals surface area contributed by atoms with Crippen molar-refractivity contribution in [1.29, 1.82) is 0 Å². The lowest BCUT2D eigenvalue weighted by atomic mass is 10.1. The van der Waals surface area contributed by atoms with Gasteiger partial charge in [-0.2, -0.15) is 0 Å². The number of barbiturate groups is 1. The van der Waals surface area contributed by atoms with Crippen LogP contribution in [0.4, 0.5) is 20.6 Å². The van der Waals surface area contributed by atoms with Gasteiger partial charge in [-0.15, -0.1) is 0 Å². The van der Waals surface area contributed by atoms with Gasteiger partial charge in [-0.1, -0.05) is 29.8 Å². The van der Waals surface area contributed by atoms with Crippen molar-refractivity contribution in [2.45, 2.75) is 0 Å². The number of hydrogen-bond donors (Lipinski definition) is 2. The molecule has 4 rings (SSSR count). The zero-order valence-corrected chi connectivity index (χ0v) is 18.7. The van der Waals surface area contributed by atoms with E-state index in [0.29, 0.717) is 22.0 Å². The average Bonchev–Trinajstić information content (AvgIpc) is 2.82. The summed E-state index contributed by atoms with van der Waals surface area (Å²) in [6, 6.07) is 16.9. The molecule has 1 fully saturated rings. The lowest BCUT2D eigenvalue weighted by Crippen LogP contribution is -2.54. The smallest absolute Gasteiger partial charge is 0.335 e. The first-order valence-corrected chi connectivity index (χ1v) is 10.6. The van der Waals surface area contributed by atoms with Crippen LogP contribution in [0.15, 0.2) is 78.4 Å². The zero-order chi connectivity index (χ0) is 24.9. The number of nitrogens with one attached hydrogen (secondary N) is 2. The molecule has 8 nitrogen and oxygen atoms in total. The molecule has 2 N–H and O–H groups in total. The highest BCUT2D eigenvalue weighted by molar-refractivity contribution is 6.39. The summed E-state index contributed by atoms with van der Waals surface area (Å²) in [6.07, 6.45) is 1.34. The fraction of sp³-hybridized carbons (Fsp3) is 0.0400. The lowest BCUT2D eigenvalue weighted by Gasteiger charge is -2.26. The molecule has 1 aliphatic rings. The maximum Gasteiger partial charge on any atom is 0.335 e. The number of nitrogens with zero attached hydrogens (tertiary/aromatic N) is 1. The number of halogens is 2. The van der Waals surface area contributed by atoms with Gasteiger partial charge in [0.25, 0.3) is 17.7 Å². The molecule has 5 amide bonds. The van der Waals surface area contributed by atoms with Gasteiger partial charge in [0.1, 0.15) is 17.1 Å². The molecule has 0 aliphatic carbocycles. The Labute approximate surface area is 203 Å². The second-order valence-electron chi connectivity index (χ2n) is 7.35. The van der Waals surface area contributed by atoms with E-state index in [1.165, 1.54) is 42.5 Å². The highest BCUT2D eigenvalue weighted by Crippen LogP contribution is 2.25. The topological polar surface area (TPSA) is 105 Å². The SMILES string of the molecule is O=C(COc1ccc(/C=C2\C(=O)NC(=O)N(c3cccc(Cl)c3)C2=O)cc1)Nc1ccc(F)cc1. The molecule has 0 bridgehead atoms. The van der Waals surface area contributed by atoms with Crippen LogP contribution in [-0.4, -0.2) is 30.4 Å². The van der Waals surface area contributed by atoms with E-state index >= 15 is 0 Å². The minimum atomic E-state index is -0.873. The fourth-order valence-corrected chi connectivity index (χ4v) is 3.40. The third-order valence-electron chi connectivity index (χ3n) is 4.86. The van der Waals surface area contributed by atoms with Crippen molar-refractivity contribution in [2.75, 3.05) is 16.8 Å². The van der Waals surface area contributed by atoms with E-state index in [1.807, 2.05) is 0 Å². The predicted molar refractivity (Wildman–Crippen MR) is 127 cm³/mol. The van der Waals surface area contributed by atoms with Gasteiger partial charge in [-0.05, 0) is 66.2 Å². The minimum absolute atomic E-state index is 0.223. The van der Waals surface area contributed by atoms with Gasteiger partial charge in [0, 0.05) is 10.7 Å². The fourth-order valence-electron chi connectivity index (χ4n) is 3.21. The molecule has 10 heteroatoms. The van der Waals surface area contributed by atoms with Crippen LogP contribution in [0.1, 0.15) is 5.56 Å². The number of carbonyl (C=O) groups excluding carboxylic acids is 4. The largest absolute Gasteiger partial charge is 0.484 e. The summed E-state index contributed by atoms with van der Waals surface area (Å²) in [4.78, 5) is 50.3. The minimum Gasteiger partial charge on any atom is -0.484 e. The standard InChI is InChI=1S/C25H17ClFN3O5/c26-16-2-1-3-19(13-16)30-24(33)21(23(32)29-25(30)34)12-15-4-10-20(11-5-15)35-14-22(31)28-18-8-6-17(27)7-9-18/h1-13H,14H2,(H,28,31)(H,29,32,34)/b21-12+. The molecule has 1 saturated heterocycles. The van der Waals surface area contributed by atoms with Gasteiger partial charge in [-0.3, -0.25) is 19.7 Å². The van der Waals surface area contributed by atoms with E-state index in [4.69, 9.17) is 16.3 Å². The van der Waals surface area contributed by atoms with Crippen LogP contribution in [0.25, 0.3) is 6.08 Å². The molecule has 0 unspecified atom stereocenters. The molecular formula is C25H17ClFN3O5. The number of carbonyl (C=O) groups is 4. The van der Waals surface area contributed by atoms with Crippen LogP contribution in [-0.2, 0) is 14.4 Å². The summed E-state index contributed by atoms with van der Waals surface area (Å²) in [6.45, 7) is -0.282. The summed E-state index contributed by atoms with van der Waals surface area (Å²) < 4.78 is 18.4. The number of amides is 5. The molecule has 0 aromatic heterocycles. The summed E-state index contributed by atoms with van der Waals surface area (Å²) in [5, 5.41) is 5.04. The van der Waals surface area contributed by atoms with Crippen molar-refractivity contribution in [2.24, 2.45) is 0 Å². The molecule has 0 saturated carbocycles. The molecule has 0 spiro atoms. The average molecular weight is 494 g/mol. The Hall–Kier alpha value is -4.50. The van der Waals surface area contributed by atoms with Gasteiger partial charge in [0.05, 0.1) is 5.69 Å². The predicted octanol–water partition coefficient (Wildman–Crippen LogP) is 4.16. The maximum absolute atomic E-state index is 12.9. The van der Waals surface area contributed by atoms with Crippen LogP contribution in [0.2, 0.25) is 5.02 Å². The number of ether oxygens (including phenoxy) is 1. The van der Waals surface area contributed by atoms with Gasteiger partial charge in [0.15, 0.2) is 6.61 Å². The second kappa shape index (κ2) is 10.2. The van der Waals surface area contributed by atoms with E-state index in [2.05, 4.69) is 10.6 Å². The number of imide groups is 2. The van der Waals surface area contributed by atoms with Crippen LogP contribution >= 0.6 is 11.6 Å². The first kappa shape index (κ1) is 23.7. The van der Waals surface area contributed by atoms with E-state index < -0.39 is 29.6 Å². The highest BCUT2D eigenvalue weighted by atomic mass is 35.5. The molecular weight excluding hydrogens is 477 g/mol. The Balaban J connectivity index is 1.43. The molecule has 3 aromatic rings. The van der Waals surface area contributed by atoms with Crippen LogP contribution in [0, 0.1) is 5.82 Å². The van der Waals surface area contributed by atoms with E-state index in [1.54, 1.807) is 36.4 Å². The van der Waals surface area contributed by atoms with E-state index in [-0.39, 0.29) is 17.9 Å². The van der Waals surface area contributed by atoms with Crippen molar-refractivity contribution in [3.05, 3.63) is 94.8 Å². The van der Waals surface area contributed by atoms with Gasteiger partial charge in [0.2, 0.25) is 0 Å². The summed E-state index contributed by atoms with van der Waals surface area (Å²) in [5.74, 6) is -2.09. The van der Waals surface area contributed by atoms with E-state index in [0.717, 1.165) is 4.90 Å². The van der Waals surface area contributed by atoms with Gasteiger partial charge in [-0.25, -0.2) is 14.1 Å². The maximum atomic E-state index is 12.9. The van der Waals surface area contributed by atoms with Crippen LogP contribution in [0.5, 0.6) is 5.75 Å². The number of benzene rings is 3. The molecule has 176 valence electrons. The molecule has 0 atom stereocenters. The summed E-state index contributed by atoms with van der Waals surface area (Å²) in [5.41, 5.74) is 0.910. The Morgan fingerprint density at radius 3 is 2.43 bits per heavy atom. The van der Waals surface area contributed by atoms with Crippen molar-refractivity contribution in [3.8, 4) is 5.75 Å². The Bertz CT molecular complexity index is 1340. The number of urea groups is 1. The molecule has 3 aromatic carbocycles. The molecule has 1 heterocycles. The Morgan fingerprint density at radius 1 is 1.03 bits per heavy atom. The Morgan fingerprint density at radius 2 is 1.74 bits per heavy atom. The molecule has 1 aliphatic heterocycles. The monoisotopic (exact) mass is 493 g/mol. The third kappa shape index (κ3) is 5.71. The summed E-state index contributed by atoms with van der Waals surface area (Å²) in [7, 11) is 0. The number of hydrogen-bond acceptors (Lipinski definition) is 5. The highest BCUT2D eigenvalue weighted by Gasteiger charge is 2.36. The molecule has 35 heavy (non-hydrogen) atoms. The van der Waals surface area contributed by atoms with Crippen molar-refractivity contribution in [1.82, 2.24) is 5.32 Å². The quantitative estimate of drug-likeness (QED) is 0.396. The van der Waals surface area contributed by atoms with Gasteiger partial charge >= 0.3 is 6.03 Å². The normalized spacial score (nSPS) is 14.6. The number of rotatable bonds is 6. The van der Waals surface area contributed by atoms with E-state index in [9.17, 15) is 23.6 Å². The third-order valence-corrected chi connectivity index (χ3v) is 5.09. The summed E-state index contributed by atoms with van der Waals surface area (Å²) >= 11 is 5.96. The first-order valence-electron chi connectivity index (χ1n) is 10.3. The Kier molecular flexibility index (Phi) is 6.88. The van der Waals surface area contributed by atoms with Crippen molar-refractivity contribution in [3.63, 3.8) is 0 Å².